The number of carbonyl (C=O) groups is 5. The Bertz CT molecular complexity index is 1310. The Morgan fingerprint density at radius 2 is 1.52 bits per heavy atom. The van der Waals surface area contributed by atoms with E-state index in [0.29, 0.717) is 22.3 Å². The van der Waals surface area contributed by atoms with Crippen molar-refractivity contribution in [3.8, 4) is 0 Å². The van der Waals surface area contributed by atoms with Crippen LogP contribution in [-0.4, -0.2) is 65.1 Å². The lowest BCUT2D eigenvalue weighted by molar-refractivity contribution is -0.140. The predicted octanol–water partition coefficient (Wildman–Crippen LogP) is 4.65. The average Bonchev–Trinajstić information content (AvgIpc) is 3.56. The minimum Gasteiger partial charge on any atom is -0.350 e. The van der Waals surface area contributed by atoms with Crippen LogP contribution in [0, 0.1) is 5.92 Å². The maximum Gasteiger partial charge on any atom is 0.289 e. The second-order valence-corrected chi connectivity index (χ2v) is 15.0. The lowest BCUT2D eigenvalue weighted by Gasteiger charge is -2.27. The van der Waals surface area contributed by atoms with Crippen LogP contribution in [0.2, 0.25) is 5.02 Å². The van der Waals surface area contributed by atoms with E-state index in [2.05, 4.69) is 21.3 Å². The molecule has 46 heavy (non-hydrogen) atoms. The lowest BCUT2D eigenvalue weighted by Crippen LogP contribution is -2.59. The number of halogens is 1. The molecule has 4 N–H and O–H groups in total. The molecule has 0 radical (unpaired) electrons. The zero-order valence-electron chi connectivity index (χ0n) is 26.7. The molecule has 9 nitrogen and oxygen atoms in total. The van der Waals surface area contributed by atoms with Crippen molar-refractivity contribution in [3.63, 3.8) is 0 Å². The smallest absolute Gasteiger partial charge is 0.289 e. The van der Waals surface area contributed by atoms with Gasteiger partial charge in [-0.15, -0.1) is 0 Å². The quantitative estimate of drug-likeness (QED) is 0.102. The van der Waals surface area contributed by atoms with E-state index >= 15 is 0 Å². The van der Waals surface area contributed by atoms with Gasteiger partial charge in [-0.25, -0.2) is 0 Å². The third-order valence-corrected chi connectivity index (χ3v) is 10.9. The molecule has 4 amide bonds. The van der Waals surface area contributed by atoms with Crippen molar-refractivity contribution in [2.75, 3.05) is 12.3 Å². The molecule has 1 aliphatic heterocycles. The number of Topliss-reactive ketones (excluding diaryl/α,β-unsaturated/α-hetero) is 1. The number of amides is 4. The van der Waals surface area contributed by atoms with Crippen molar-refractivity contribution >= 4 is 62.6 Å². The number of unbranched alkanes of at least 4 members (excludes halogenated alkanes) is 1. The van der Waals surface area contributed by atoms with Crippen molar-refractivity contribution in [3.05, 3.63) is 70.7 Å². The van der Waals surface area contributed by atoms with Gasteiger partial charge in [0.15, 0.2) is 0 Å². The molecule has 2 aromatic rings. The Morgan fingerprint density at radius 1 is 0.848 bits per heavy atom. The monoisotopic (exact) mass is 688 g/mol. The maximum absolute atomic E-state index is 13.7. The first kappa shape index (κ1) is 37.4. The molecular weight excluding hydrogens is 644 g/mol. The number of hydrogen-bond acceptors (Lipinski definition) is 7. The number of nitrogens with one attached hydrogen (secondary N) is 4. The van der Waals surface area contributed by atoms with Crippen molar-refractivity contribution in [2.24, 2.45) is 5.92 Å². The van der Waals surface area contributed by atoms with E-state index in [1.165, 1.54) is 12.2 Å². The van der Waals surface area contributed by atoms with Crippen molar-refractivity contribution in [1.82, 2.24) is 21.3 Å². The van der Waals surface area contributed by atoms with Crippen LogP contribution in [-0.2, 0) is 36.8 Å². The third-order valence-electron chi connectivity index (χ3n) is 7.64. The summed E-state index contributed by atoms with van der Waals surface area (Å²) in [7, 11) is 3.82. The van der Waals surface area contributed by atoms with Gasteiger partial charge in [-0.05, 0) is 55.4 Å². The SMILES string of the molecule is CCNC(=O)C(=O)[C@H](Cc1ccc(Cl)cc1)NC(=O)[C@@H](NC(=O)[C@H](Cc1ccccc1)NC(=O)CCCCC1CCSS1)C(C)C. The third kappa shape index (κ3) is 12.6. The van der Waals surface area contributed by atoms with Gasteiger partial charge in [-0.1, -0.05) is 95.9 Å². The van der Waals surface area contributed by atoms with Crippen LogP contribution in [0.3, 0.4) is 0 Å². The molecule has 12 heteroatoms. The van der Waals surface area contributed by atoms with E-state index in [-0.39, 0.29) is 31.2 Å². The van der Waals surface area contributed by atoms with Gasteiger partial charge in [0.2, 0.25) is 23.5 Å². The fraction of sp³-hybridized carbons (Fsp3) is 0.500. The maximum atomic E-state index is 13.7. The molecule has 3 rings (SSSR count). The molecule has 1 unspecified atom stereocenters. The summed E-state index contributed by atoms with van der Waals surface area (Å²) in [4.78, 5) is 65.8. The van der Waals surface area contributed by atoms with E-state index in [9.17, 15) is 24.0 Å². The van der Waals surface area contributed by atoms with Crippen molar-refractivity contribution < 1.29 is 24.0 Å². The summed E-state index contributed by atoms with van der Waals surface area (Å²) < 4.78 is 0. The molecule has 0 saturated carbocycles. The fourth-order valence-corrected chi connectivity index (χ4v) is 8.22. The van der Waals surface area contributed by atoms with Crippen molar-refractivity contribution in [1.29, 1.82) is 0 Å². The number of benzene rings is 2. The Labute approximate surface area is 284 Å². The largest absolute Gasteiger partial charge is 0.350 e. The molecule has 4 atom stereocenters. The van der Waals surface area contributed by atoms with Gasteiger partial charge in [0, 0.05) is 41.8 Å². The first-order chi connectivity index (χ1) is 22.1. The number of likely N-dealkylation sites (N-methyl/N-ethyl adjacent to an activating group) is 1. The number of ketones is 1. The first-order valence-electron chi connectivity index (χ1n) is 15.9. The molecule has 1 saturated heterocycles. The van der Waals surface area contributed by atoms with Crippen LogP contribution in [0.5, 0.6) is 0 Å². The zero-order chi connectivity index (χ0) is 33.5. The standard InChI is InChI=1S/C34H45ClN4O5S2/c1-4-36-34(44)31(41)27(20-24-14-16-25(35)17-15-24)38-33(43)30(22(2)3)39-32(42)28(21-23-10-6-5-7-11-23)37-29(40)13-9-8-12-26-18-19-45-46-26/h5-7,10-11,14-17,22,26-28,30H,4,8-9,12-13,18-21H2,1-3H3,(H,36,44)(H,37,40)(H,38,43)(H,39,42)/t26?,27-,28-,30-/m0/s1. The molecule has 2 aromatic carbocycles. The van der Waals surface area contributed by atoms with Crippen LogP contribution < -0.4 is 21.3 Å². The Kier molecular flexibility index (Phi) is 15.9. The Hall–Kier alpha value is -3.02. The highest BCUT2D eigenvalue weighted by molar-refractivity contribution is 8.77. The molecule has 1 aliphatic rings. The van der Waals surface area contributed by atoms with Gasteiger partial charge in [-0.2, -0.15) is 0 Å². The molecule has 250 valence electrons. The molecule has 0 bridgehead atoms. The Morgan fingerprint density at radius 3 is 2.15 bits per heavy atom. The van der Waals surface area contributed by atoms with E-state index in [1.807, 2.05) is 51.9 Å². The summed E-state index contributed by atoms with van der Waals surface area (Å²) in [5.41, 5.74) is 1.56. The number of hydrogen-bond donors (Lipinski definition) is 4. The summed E-state index contributed by atoms with van der Waals surface area (Å²) in [6.07, 6.45) is 4.57. The number of rotatable bonds is 18. The Balaban J connectivity index is 1.70. The van der Waals surface area contributed by atoms with E-state index in [0.717, 1.165) is 24.8 Å². The molecule has 0 aliphatic carbocycles. The zero-order valence-corrected chi connectivity index (χ0v) is 29.1. The van der Waals surface area contributed by atoms with Gasteiger partial charge in [0.1, 0.15) is 18.1 Å². The molecular formula is C34H45ClN4O5S2. The van der Waals surface area contributed by atoms with Gasteiger partial charge in [0.25, 0.3) is 5.91 Å². The minimum atomic E-state index is -1.17. The number of carbonyl (C=O) groups excluding carboxylic acids is 5. The summed E-state index contributed by atoms with van der Waals surface area (Å²) in [6.45, 7) is 5.50. The van der Waals surface area contributed by atoms with Gasteiger partial charge < -0.3 is 21.3 Å². The normalized spacial score (nSPS) is 16.2. The van der Waals surface area contributed by atoms with Gasteiger partial charge >= 0.3 is 0 Å². The molecule has 0 aromatic heterocycles. The topological polar surface area (TPSA) is 133 Å². The fourth-order valence-electron chi connectivity index (χ4n) is 5.07. The summed E-state index contributed by atoms with van der Waals surface area (Å²) in [5.74, 6) is -2.11. The predicted molar refractivity (Wildman–Crippen MR) is 187 cm³/mol. The molecule has 0 spiro atoms. The van der Waals surface area contributed by atoms with Crippen LogP contribution in [0.25, 0.3) is 0 Å². The lowest BCUT2D eigenvalue weighted by atomic mass is 9.98. The van der Waals surface area contributed by atoms with E-state index in [1.54, 1.807) is 45.0 Å². The summed E-state index contributed by atoms with van der Waals surface area (Å²) in [5, 5.41) is 12.1. The van der Waals surface area contributed by atoms with Crippen LogP contribution in [0.15, 0.2) is 54.6 Å². The minimum absolute atomic E-state index is 0.0581. The highest BCUT2D eigenvalue weighted by Gasteiger charge is 2.33. The highest BCUT2D eigenvalue weighted by atomic mass is 35.5. The average molecular weight is 689 g/mol. The van der Waals surface area contributed by atoms with Gasteiger partial charge in [0.05, 0.1) is 0 Å². The highest BCUT2D eigenvalue weighted by Crippen LogP contribution is 2.39. The second kappa shape index (κ2) is 19.6. The molecule has 1 fully saturated rings. The summed E-state index contributed by atoms with van der Waals surface area (Å²) in [6, 6.07) is 13.0. The van der Waals surface area contributed by atoms with E-state index < -0.39 is 41.6 Å². The van der Waals surface area contributed by atoms with Crippen molar-refractivity contribution in [2.45, 2.75) is 89.1 Å². The first-order valence-corrected chi connectivity index (χ1v) is 18.6. The van der Waals surface area contributed by atoms with E-state index in [4.69, 9.17) is 11.6 Å². The van der Waals surface area contributed by atoms with Gasteiger partial charge in [-0.3, -0.25) is 24.0 Å². The van der Waals surface area contributed by atoms with Crippen LogP contribution >= 0.6 is 33.2 Å². The van der Waals surface area contributed by atoms with Crippen LogP contribution in [0.1, 0.15) is 64.0 Å². The summed E-state index contributed by atoms with van der Waals surface area (Å²) >= 11 is 6.01. The molecule has 1 heterocycles. The second-order valence-electron chi connectivity index (χ2n) is 11.7. The van der Waals surface area contributed by atoms with Crippen LogP contribution in [0.4, 0.5) is 0 Å².